The number of carbonyl (C=O) groups is 2. The number of hydrogen-bond donors (Lipinski definition) is 1. The van der Waals surface area contributed by atoms with Crippen LogP contribution in [0.25, 0.3) is 0 Å². The Morgan fingerprint density at radius 1 is 1.03 bits per heavy atom. The minimum absolute atomic E-state index is 0.222. The Bertz CT molecular complexity index is 1030. The van der Waals surface area contributed by atoms with Crippen LogP contribution in [0.4, 0.5) is 5.69 Å². The van der Waals surface area contributed by atoms with E-state index in [2.05, 4.69) is 5.32 Å². The molecule has 0 aromatic heterocycles. The van der Waals surface area contributed by atoms with Gasteiger partial charge in [-0.3, -0.25) is 13.9 Å². The first-order valence-electron chi connectivity index (χ1n) is 11.0. The van der Waals surface area contributed by atoms with Crippen LogP contribution in [-0.4, -0.2) is 57.1 Å². The predicted molar refractivity (Wildman–Crippen MR) is 133 cm³/mol. The largest absolute Gasteiger partial charge is 0.354 e. The zero-order valence-electron chi connectivity index (χ0n) is 19.3. The van der Waals surface area contributed by atoms with Crippen molar-refractivity contribution in [3.05, 3.63) is 65.2 Å². The summed E-state index contributed by atoms with van der Waals surface area (Å²) in [5.41, 5.74) is 1.24. The second-order valence-corrected chi connectivity index (χ2v) is 10.1. The Morgan fingerprint density at radius 3 is 2.24 bits per heavy atom. The number of hydrogen-bond acceptors (Lipinski definition) is 4. The van der Waals surface area contributed by atoms with Crippen LogP contribution in [0.1, 0.15) is 32.3 Å². The molecule has 0 spiro atoms. The highest BCUT2D eigenvalue weighted by molar-refractivity contribution is 7.92. The van der Waals surface area contributed by atoms with Crippen LogP contribution in [0, 0.1) is 0 Å². The first kappa shape index (κ1) is 26.7. The number of carbonyl (C=O) groups excluding carboxylic acids is 2. The quantitative estimate of drug-likeness (QED) is 0.490. The molecule has 2 rings (SSSR count). The molecule has 0 aliphatic rings. The van der Waals surface area contributed by atoms with E-state index >= 15 is 0 Å². The van der Waals surface area contributed by atoms with Gasteiger partial charge in [-0.25, -0.2) is 8.42 Å². The van der Waals surface area contributed by atoms with Crippen molar-refractivity contribution < 1.29 is 18.0 Å². The molecule has 0 bridgehead atoms. The summed E-state index contributed by atoms with van der Waals surface area (Å²) in [5.74, 6) is -0.709. The van der Waals surface area contributed by atoms with E-state index in [4.69, 9.17) is 11.6 Å². The summed E-state index contributed by atoms with van der Waals surface area (Å²) in [6, 6.07) is 15.4. The number of halogens is 1. The number of nitrogens with one attached hydrogen (secondary N) is 1. The maximum atomic E-state index is 13.5. The molecule has 33 heavy (non-hydrogen) atoms. The summed E-state index contributed by atoms with van der Waals surface area (Å²) in [6.45, 7) is 4.12. The Hall–Kier alpha value is -2.58. The fourth-order valence-electron chi connectivity index (χ4n) is 3.51. The molecule has 7 nitrogen and oxygen atoms in total. The molecule has 0 aliphatic heterocycles. The number of anilines is 1. The van der Waals surface area contributed by atoms with Gasteiger partial charge in [0.2, 0.25) is 21.8 Å². The van der Waals surface area contributed by atoms with Crippen LogP contribution >= 0.6 is 11.6 Å². The highest BCUT2D eigenvalue weighted by Crippen LogP contribution is 2.27. The molecule has 0 fully saturated rings. The Labute approximate surface area is 201 Å². The maximum Gasteiger partial charge on any atom is 0.244 e. The van der Waals surface area contributed by atoms with Gasteiger partial charge in [-0.2, -0.15) is 0 Å². The molecule has 1 N–H and O–H groups in total. The smallest absolute Gasteiger partial charge is 0.244 e. The molecular weight excluding hydrogens is 462 g/mol. The first-order valence-corrected chi connectivity index (χ1v) is 13.2. The summed E-state index contributed by atoms with van der Waals surface area (Å²) in [5, 5.41) is 3.08. The van der Waals surface area contributed by atoms with Gasteiger partial charge >= 0.3 is 0 Å². The van der Waals surface area contributed by atoms with Crippen molar-refractivity contribution in [1.29, 1.82) is 0 Å². The van der Waals surface area contributed by atoms with E-state index in [1.807, 2.05) is 44.2 Å². The van der Waals surface area contributed by atoms with Gasteiger partial charge in [-0.1, -0.05) is 67.9 Å². The lowest BCUT2D eigenvalue weighted by molar-refractivity contribution is -0.139. The molecular formula is C24H32ClN3O4S. The third-order valence-corrected chi connectivity index (χ3v) is 6.67. The van der Waals surface area contributed by atoms with E-state index in [9.17, 15) is 18.0 Å². The molecule has 0 unspecified atom stereocenters. The van der Waals surface area contributed by atoms with E-state index < -0.39 is 28.5 Å². The lowest BCUT2D eigenvalue weighted by atomic mass is 10.1. The SMILES string of the molecule is CCCNC(=O)[C@@H](CC)N(CCc1ccccc1)C(=O)CN(c1ccccc1Cl)S(C)(=O)=O. The van der Waals surface area contributed by atoms with Crippen LogP contribution in [-0.2, 0) is 26.0 Å². The van der Waals surface area contributed by atoms with E-state index in [0.29, 0.717) is 19.4 Å². The fraction of sp³-hybridized carbons (Fsp3) is 0.417. The van der Waals surface area contributed by atoms with Crippen LogP contribution in [0.2, 0.25) is 5.02 Å². The van der Waals surface area contributed by atoms with Crippen LogP contribution in [0.3, 0.4) is 0 Å². The van der Waals surface area contributed by atoms with E-state index in [-0.39, 0.29) is 23.2 Å². The second kappa shape index (κ2) is 12.6. The summed E-state index contributed by atoms with van der Waals surface area (Å²) in [6.07, 6.45) is 2.74. The van der Waals surface area contributed by atoms with Crippen molar-refractivity contribution >= 4 is 39.1 Å². The molecule has 9 heteroatoms. The normalized spacial score (nSPS) is 12.1. The van der Waals surface area contributed by atoms with Crippen molar-refractivity contribution in [3.63, 3.8) is 0 Å². The van der Waals surface area contributed by atoms with Gasteiger partial charge in [0.15, 0.2) is 0 Å². The van der Waals surface area contributed by atoms with Crippen molar-refractivity contribution in [3.8, 4) is 0 Å². The average Bonchev–Trinajstić information content (AvgIpc) is 2.79. The highest BCUT2D eigenvalue weighted by Gasteiger charge is 2.31. The summed E-state index contributed by atoms with van der Waals surface area (Å²) in [7, 11) is -3.80. The number of rotatable bonds is 12. The molecule has 180 valence electrons. The number of amides is 2. The summed E-state index contributed by atoms with van der Waals surface area (Å²) >= 11 is 6.23. The lowest BCUT2D eigenvalue weighted by Gasteiger charge is -2.33. The zero-order valence-corrected chi connectivity index (χ0v) is 20.9. The average molecular weight is 494 g/mol. The topological polar surface area (TPSA) is 86.8 Å². The van der Waals surface area contributed by atoms with E-state index in [1.165, 1.54) is 4.90 Å². The van der Waals surface area contributed by atoms with Gasteiger partial charge in [0.25, 0.3) is 0 Å². The second-order valence-electron chi connectivity index (χ2n) is 7.76. The van der Waals surface area contributed by atoms with Crippen LogP contribution in [0.5, 0.6) is 0 Å². The highest BCUT2D eigenvalue weighted by atomic mass is 35.5. The molecule has 2 aromatic carbocycles. The monoisotopic (exact) mass is 493 g/mol. The molecule has 0 radical (unpaired) electrons. The number of nitrogens with zero attached hydrogens (tertiary/aromatic N) is 2. The van der Waals surface area contributed by atoms with Crippen molar-refractivity contribution in [2.45, 2.75) is 39.2 Å². The third kappa shape index (κ3) is 7.75. The summed E-state index contributed by atoms with van der Waals surface area (Å²) in [4.78, 5) is 27.8. The van der Waals surface area contributed by atoms with Crippen molar-refractivity contribution in [1.82, 2.24) is 10.2 Å². The molecule has 0 saturated carbocycles. The number of benzene rings is 2. The number of para-hydroxylation sites is 1. The van der Waals surface area contributed by atoms with Gasteiger partial charge in [-0.05, 0) is 37.0 Å². The number of sulfonamides is 1. The van der Waals surface area contributed by atoms with Crippen molar-refractivity contribution in [2.24, 2.45) is 0 Å². The van der Waals surface area contributed by atoms with Gasteiger partial charge in [0, 0.05) is 13.1 Å². The van der Waals surface area contributed by atoms with Gasteiger partial charge in [0.05, 0.1) is 17.0 Å². The molecule has 0 aliphatic carbocycles. The van der Waals surface area contributed by atoms with Crippen molar-refractivity contribution in [2.75, 3.05) is 30.2 Å². The Balaban J connectivity index is 2.35. The van der Waals surface area contributed by atoms with E-state index in [1.54, 1.807) is 24.3 Å². The van der Waals surface area contributed by atoms with Crippen LogP contribution in [0.15, 0.2) is 54.6 Å². The minimum atomic E-state index is -3.80. The summed E-state index contributed by atoms with van der Waals surface area (Å²) < 4.78 is 26.1. The van der Waals surface area contributed by atoms with Crippen LogP contribution < -0.4 is 9.62 Å². The van der Waals surface area contributed by atoms with Gasteiger partial charge in [0.1, 0.15) is 12.6 Å². The first-order chi connectivity index (χ1) is 15.7. The molecule has 2 aromatic rings. The van der Waals surface area contributed by atoms with E-state index in [0.717, 1.165) is 22.5 Å². The standard InChI is InChI=1S/C24H32ClN3O4S/c1-4-16-26-24(30)21(5-2)27(17-15-19-11-7-6-8-12-19)23(29)18-28(33(3,31)32)22-14-10-9-13-20(22)25/h6-14,21H,4-5,15-18H2,1-3H3,(H,26,30)/t21-/m1/s1. The van der Waals surface area contributed by atoms with Gasteiger partial charge in [-0.15, -0.1) is 0 Å². The predicted octanol–water partition coefficient (Wildman–Crippen LogP) is 3.48. The fourth-order valence-corrected chi connectivity index (χ4v) is 4.66. The molecule has 0 saturated heterocycles. The third-order valence-electron chi connectivity index (χ3n) is 5.22. The zero-order chi connectivity index (χ0) is 24.4. The Morgan fingerprint density at radius 2 is 1.67 bits per heavy atom. The lowest BCUT2D eigenvalue weighted by Crippen LogP contribution is -2.53. The van der Waals surface area contributed by atoms with Gasteiger partial charge < -0.3 is 10.2 Å². The molecule has 0 heterocycles. The molecule has 2 amide bonds. The maximum absolute atomic E-state index is 13.5. The molecule has 1 atom stereocenters. The Kier molecular flexibility index (Phi) is 10.2. The minimum Gasteiger partial charge on any atom is -0.354 e.